The first-order valence-corrected chi connectivity index (χ1v) is 7.95. The van der Waals surface area contributed by atoms with Crippen LogP contribution in [-0.4, -0.2) is 42.3 Å². The summed E-state index contributed by atoms with van der Waals surface area (Å²) in [5, 5.41) is 0. The second-order valence-electron chi connectivity index (χ2n) is 5.89. The molecule has 1 aliphatic heterocycles. The summed E-state index contributed by atoms with van der Waals surface area (Å²) in [7, 11) is 2.05. The maximum Gasteiger partial charge on any atom is 0.411 e. The number of cyclic esters (lactones) is 1. The van der Waals surface area contributed by atoms with Gasteiger partial charge in [-0.2, -0.15) is 0 Å². The van der Waals surface area contributed by atoms with Crippen molar-refractivity contribution in [3.63, 3.8) is 0 Å². The zero-order valence-corrected chi connectivity index (χ0v) is 13.4. The van der Waals surface area contributed by atoms with Gasteiger partial charge in [0.05, 0.1) is 6.54 Å². The summed E-state index contributed by atoms with van der Waals surface area (Å²) in [5.41, 5.74) is 2.42. The van der Waals surface area contributed by atoms with Gasteiger partial charge in [0.2, 0.25) is 0 Å². The van der Waals surface area contributed by atoms with Crippen molar-refractivity contribution in [1.29, 1.82) is 0 Å². The minimum absolute atomic E-state index is 0.00795. The molecule has 4 nitrogen and oxygen atoms in total. The molecule has 1 heterocycles. The van der Waals surface area contributed by atoms with Crippen LogP contribution in [0.1, 0.15) is 11.1 Å². The zero-order valence-electron chi connectivity index (χ0n) is 13.4. The van der Waals surface area contributed by atoms with Crippen LogP contribution in [0.4, 0.5) is 4.79 Å². The SMILES string of the molecule is CN(CCc1ccccc1)[C@@H]1COC(=O)N1Cc1ccccc1. The first-order valence-electron chi connectivity index (χ1n) is 7.95. The Labute approximate surface area is 137 Å². The molecule has 1 atom stereocenters. The molecule has 0 bridgehead atoms. The average molecular weight is 310 g/mol. The molecule has 0 radical (unpaired) electrons. The smallest absolute Gasteiger partial charge is 0.411 e. The van der Waals surface area contributed by atoms with E-state index in [-0.39, 0.29) is 12.3 Å². The number of rotatable bonds is 6. The molecular formula is C19H22N2O2. The molecule has 2 aromatic rings. The normalized spacial score (nSPS) is 17.6. The minimum Gasteiger partial charge on any atom is -0.446 e. The second kappa shape index (κ2) is 7.29. The fourth-order valence-corrected chi connectivity index (χ4v) is 2.85. The van der Waals surface area contributed by atoms with E-state index in [1.54, 1.807) is 4.90 Å². The molecule has 23 heavy (non-hydrogen) atoms. The predicted molar refractivity (Wildman–Crippen MR) is 89.9 cm³/mol. The Morgan fingerprint density at radius 3 is 2.30 bits per heavy atom. The van der Waals surface area contributed by atoms with E-state index in [2.05, 4.69) is 29.2 Å². The van der Waals surface area contributed by atoms with Gasteiger partial charge in [-0.1, -0.05) is 60.7 Å². The molecule has 120 valence electrons. The van der Waals surface area contributed by atoms with Crippen LogP contribution in [0, 0.1) is 0 Å². The number of benzene rings is 2. The maximum atomic E-state index is 12.0. The van der Waals surface area contributed by atoms with Gasteiger partial charge < -0.3 is 4.74 Å². The number of hydrogen-bond donors (Lipinski definition) is 0. The van der Waals surface area contributed by atoms with E-state index < -0.39 is 0 Å². The van der Waals surface area contributed by atoms with E-state index in [4.69, 9.17) is 4.74 Å². The Balaban J connectivity index is 1.62. The lowest BCUT2D eigenvalue weighted by Crippen LogP contribution is -2.45. The van der Waals surface area contributed by atoms with Gasteiger partial charge in [-0.05, 0) is 24.6 Å². The van der Waals surface area contributed by atoms with Crippen LogP contribution < -0.4 is 0 Å². The van der Waals surface area contributed by atoms with Crippen molar-refractivity contribution >= 4 is 6.09 Å². The first-order chi connectivity index (χ1) is 11.2. The number of carbonyl (C=O) groups excluding carboxylic acids is 1. The Morgan fingerprint density at radius 2 is 1.65 bits per heavy atom. The monoisotopic (exact) mass is 310 g/mol. The van der Waals surface area contributed by atoms with Crippen LogP contribution in [0.5, 0.6) is 0 Å². The van der Waals surface area contributed by atoms with Gasteiger partial charge >= 0.3 is 6.09 Å². The average Bonchev–Trinajstić information content (AvgIpc) is 2.95. The van der Waals surface area contributed by atoms with Crippen LogP contribution in [0.25, 0.3) is 0 Å². The number of carbonyl (C=O) groups is 1. The summed E-state index contributed by atoms with van der Waals surface area (Å²) in [6, 6.07) is 20.4. The topological polar surface area (TPSA) is 32.8 Å². The second-order valence-corrected chi connectivity index (χ2v) is 5.89. The van der Waals surface area contributed by atoms with Gasteiger partial charge in [0.15, 0.2) is 0 Å². The largest absolute Gasteiger partial charge is 0.446 e. The highest BCUT2D eigenvalue weighted by Gasteiger charge is 2.35. The summed E-state index contributed by atoms with van der Waals surface area (Å²) >= 11 is 0. The molecule has 0 unspecified atom stereocenters. The lowest BCUT2D eigenvalue weighted by molar-refractivity contribution is 0.115. The molecule has 2 aromatic carbocycles. The number of likely N-dealkylation sites (N-methyl/N-ethyl adjacent to an activating group) is 1. The van der Waals surface area contributed by atoms with Crippen molar-refractivity contribution in [3.05, 3.63) is 71.8 Å². The van der Waals surface area contributed by atoms with Gasteiger partial charge in [-0.3, -0.25) is 9.80 Å². The lowest BCUT2D eigenvalue weighted by Gasteiger charge is -2.29. The fourth-order valence-electron chi connectivity index (χ4n) is 2.85. The summed E-state index contributed by atoms with van der Waals surface area (Å²) in [6.07, 6.45) is 0.720. The van der Waals surface area contributed by atoms with Crippen LogP contribution in [0.15, 0.2) is 60.7 Å². The third kappa shape index (κ3) is 3.90. The van der Waals surface area contributed by atoms with Crippen LogP contribution in [0.3, 0.4) is 0 Å². The Hall–Kier alpha value is -2.33. The van der Waals surface area contributed by atoms with Gasteiger partial charge in [0, 0.05) is 6.54 Å². The molecule has 1 amide bonds. The van der Waals surface area contributed by atoms with Crippen molar-refractivity contribution < 1.29 is 9.53 Å². The Morgan fingerprint density at radius 1 is 1.04 bits per heavy atom. The molecule has 0 spiro atoms. The van der Waals surface area contributed by atoms with Gasteiger partial charge in [-0.15, -0.1) is 0 Å². The molecule has 3 rings (SSSR count). The first kappa shape index (κ1) is 15.6. The molecule has 0 saturated carbocycles. The van der Waals surface area contributed by atoms with Crippen LogP contribution in [-0.2, 0) is 17.7 Å². The molecule has 1 saturated heterocycles. The van der Waals surface area contributed by atoms with Gasteiger partial charge in [0.1, 0.15) is 12.8 Å². The maximum absolute atomic E-state index is 12.0. The van der Waals surface area contributed by atoms with E-state index in [1.165, 1.54) is 5.56 Å². The van der Waals surface area contributed by atoms with Gasteiger partial charge in [0.25, 0.3) is 0 Å². The fraction of sp³-hybridized carbons (Fsp3) is 0.316. The van der Waals surface area contributed by atoms with E-state index in [0.717, 1.165) is 18.5 Å². The number of nitrogens with zero attached hydrogens (tertiary/aromatic N) is 2. The summed E-state index contributed by atoms with van der Waals surface area (Å²) < 4.78 is 5.27. The van der Waals surface area contributed by atoms with Crippen molar-refractivity contribution in [2.24, 2.45) is 0 Å². The molecule has 0 aliphatic carbocycles. The highest BCUT2D eigenvalue weighted by molar-refractivity contribution is 5.70. The number of amides is 1. The third-order valence-corrected chi connectivity index (χ3v) is 4.25. The van der Waals surface area contributed by atoms with Crippen LogP contribution in [0.2, 0.25) is 0 Å². The molecule has 1 fully saturated rings. The Kier molecular flexibility index (Phi) is 4.93. The standard InChI is InChI=1S/C19H22N2O2/c1-20(13-12-16-8-4-2-5-9-16)18-15-23-19(22)21(18)14-17-10-6-3-7-11-17/h2-11,18H,12-15H2,1H3/t18-/m0/s1. The Bertz CT molecular complexity index is 630. The van der Waals surface area contributed by atoms with Crippen molar-refractivity contribution in [2.75, 3.05) is 20.2 Å². The predicted octanol–water partition coefficient (Wildman–Crippen LogP) is 3.14. The third-order valence-electron chi connectivity index (χ3n) is 4.25. The molecular weight excluding hydrogens is 288 g/mol. The summed E-state index contributed by atoms with van der Waals surface area (Å²) in [4.78, 5) is 16.0. The number of ether oxygens (including phenoxy) is 1. The zero-order chi connectivity index (χ0) is 16.1. The highest BCUT2D eigenvalue weighted by atomic mass is 16.6. The quantitative estimate of drug-likeness (QED) is 0.822. The lowest BCUT2D eigenvalue weighted by atomic mass is 10.1. The minimum atomic E-state index is -0.231. The van der Waals surface area contributed by atoms with E-state index in [1.807, 2.05) is 43.4 Å². The summed E-state index contributed by atoms with van der Waals surface area (Å²) in [6.45, 7) is 1.90. The van der Waals surface area contributed by atoms with Crippen molar-refractivity contribution in [1.82, 2.24) is 9.80 Å². The molecule has 1 aliphatic rings. The van der Waals surface area contributed by atoms with Crippen LogP contribution >= 0.6 is 0 Å². The van der Waals surface area contributed by atoms with Crippen molar-refractivity contribution in [3.8, 4) is 0 Å². The number of hydrogen-bond acceptors (Lipinski definition) is 3. The molecule has 0 aromatic heterocycles. The molecule has 4 heteroatoms. The molecule has 0 N–H and O–H groups in total. The van der Waals surface area contributed by atoms with E-state index in [0.29, 0.717) is 13.2 Å². The van der Waals surface area contributed by atoms with Crippen molar-refractivity contribution in [2.45, 2.75) is 19.1 Å². The highest BCUT2D eigenvalue weighted by Crippen LogP contribution is 2.19. The summed E-state index contributed by atoms with van der Waals surface area (Å²) in [5.74, 6) is 0. The van der Waals surface area contributed by atoms with Gasteiger partial charge in [-0.25, -0.2) is 4.79 Å². The van der Waals surface area contributed by atoms with E-state index in [9.17, 15) is 4.79 Å². The van der Waals surface area contributed by atoms with E-state index >= 15 is 0 Å².